The number of hydrogen-bond acceptors (Lipinski definition) is 6. The van der Waals surface area contributed by atoms with Crippen LogP contribution >= 0.6 is 0 Å². The van der Waals surface area contributed by atoms with E-state index in [0.717, 1.165) is 5.56 Å². The van der Waals surface area contributed by atoms with E-state index in [-0.39, 0.29) is 17.9 Å². The van der Waals surface area contributed by atoms with Crippen molar-refractivity contribution < 1.29 is 4.79 Å². The highest BCUT2D eigenvalue weighted by molar-refractivity contribution is 5.80. The summed E-state index contributed by atoms with van der Waals surface area (Å²) in [4.78, 5) is 22.5. The summed E-state index contributed by atoms with van der Waals surface area (Å²) in [6.07, 6.45) is 0. The van der Waals surface area contributed by atoms with Crippen LogP contribution in [0.25, 0.3) is 0 Å². The first kappa shape index (κ1) is 17.2. The molecule has 0 saturated carbocycles. The fraction of sp³-hybridized carbons (Fsp3) is 0.643. The molecule has 7 nitrogen and oxygen atoms in total. The molecule has 0 aliphatic rings. The number of amides is 1. The van der Waals surface area contributed by atoms with Gasteiger partial charge < -0.3 is 15.6 Å². The Morgan fingerprint density at radius 1 is 1.29 bits per heavy atom. The molecule has 118 valence electrons. The monoisotopic (exact) mass is 294 g/mol. The summed E-state index contributed by atoms with van der Waals surface area (Å²) < 4.78 is 0. The predicted molar refractivity (Wildman–Crippen MR) is 85.1 cm³/mol. The topological polar surface area (TPSA) is 96.2 Å². The third kappa shape index (κ3) is 4.29. The molecule has 0 radical (unpaired) electrons. The zero-order chi connectivity index (χ0) is 16.2. The minimum absolute atomic E-state index is 0.00933. The van der Waals surface area contributed by atoms with Crippen LogP contribution in [0.2, 0.25) is 0 Å². The SMILES string of the molecule is CCN(C)C(=O)CNc1nc(C(C)(C)C)nc(NN)c1C. The van der Waals surface area contributed by atoms with E-state index in [2.05, 4.69) is 20.7 Å². The molecule has 0 saturated heterocycles. The van der Waals surface area contributed by atoms with Gasteiger partial charge in [-0.05, 0) is 13.8 Å². The van der Waals surface area contributed by atoms with Gasteiger partial charge in [0, 0.05) is 24.6 Å². The Morgan fingerprint density at radius 2 is 1.86 bits per heavy atom. The lowest BCUT2D eigenvalue weighted by Gasteiger charge is -2.21. The Morgan fingerprint density at radius 3 is 2.33 bits per heavy atom. The van der Waals surface area contributed by atoms with Gasteiger partial charge in [0.25, 0.3) is 0 Å². The number of carbonyl (C=O) groups excluding carboxylic acids is 1. The molecule has 4 N–H and O–H groups in total. The third-order valence-corrected chi connectivity index (χ3v) is 3.26. The number of nitrogen functional groups attached to an aromatic ring is 1. The quantitative estimate of drug-likeness (QED) is 0.559. The van der Waals surface area contributed by atoms with Crippen LogP contribution in [0.3, 0.4) is 0 Å². The zero-order valence-corrected chi connectivity index (χ0v) is 13.7. The fourth-order valence-electron chi connectivity index (χ4n) is 1.64. The lowest BCUT2D eigenvalue weighted by Crippen LogP contribution is -2.32. The highest BCUT2D eigenvalue weighted by Gasteiger charge is 2.21. The second kappa shape index (κ2) is 6.71. The van der Waals surface area contributed by atoms with Crippen LogP contribution in [-0.4, -0.2) is 40.9 Å². The van der Waals surface area contributed by atoms with Crippen LogP contribution in [-0.2, 0) is 10.2 Å². The number of nitrogens with one attached hydrogen (secondary N) is 2. The minimum atomic E-state index is -0.208. The van der Waals surface area contributed by atoms with E-state index >= 15 is 0 Å². The molecule has 7 heteroatoms. The lowest BCUT2D eigenvalue weighted by atomic mass is 9.95. The molecule has 0 aromatic carbocycles. The Kier molecular flexibility index (Phi) is 5.48. The Balaban J connectivity index is 3.03. The molecule has 0 fully saturated rings. The summed E-state index contributed by atoms with van der Waals surface area (Å²) in [5.41, 5.74) is 3.16. The van der Waals surface area contributed by atoms with Gasteiger partial charge >= 0.3 is 0 Å². The first-order chi connectivity index (χ1) is 9.70. The van der Waals surface area contributed by atoms with Gasteiger partial charge in [0.2, 0.25) is 5.91 Å². The van der Waals surface area contributed by atoms with Gasteiger partial charge in [0.05, 0.1) is 6.54 Å². The molecule has 0 aliphatic carbocycles. The number of likely N-dealkylation sites (N-methyl/N-ethyl adjacent to an activating group) is 1. The van der Waals surface area contributed by atoms with Crippen LogP contribution in [0.4, 0.5) is 11.6 Å². The average molecular weight is 294 g/mol. The first-order valence-electron chi connectivity index (χ1n) is 7.04. The number of hydrogen-bond donors (Lipinski definition) is 3. The second-order valence-electron chi connectivity index (χ2n) is 6.03. The van der Waals surface area contributed by atoms with Crippen LogP contribution in [0.1, 0.15) is 39.1 Å². The van der Waals surface area contributed by atoms with Crippen molar-refractivity contribution in [2.75, 3.05) is 30.9 Å². The number of aromatic nitrogens is 2. The second-order valence-corrected chi connectivity index (χ2v) is 6.03. The van der Waals surface area contributed by atoms with Gasteiger partial charge in [0.15, 0.2) is 0 Å². The molecule has 1 heterocycles. The van der Waals surface area contributed by atoms with Gasteiger partial charge in [-0.25, -0.2) is 15.8 Å². The average Bonchev–Trinajstić information content (AvgIpc) is 2.43. The van der Waals surface area contributed by atoms with Gasteiger partial charge in [-0.3, -0.25) is 4.79 Å². The number of nitrogens with two attached hydrogens (primary N) is 1. The predicted octanol–water partition coefficient (Wildman–Crippen LogP) is 1.26. The summed E-state index contributed by atoms with van der Waals surface area (Å²) in [5, 5.41) is 3.08. The maximum atomic E-state index is 11.9. The van der Waals surface area contributed by atoms with Crippen LogP contribution in [0.5, 0.6) is 0 Å². The van der Waals surface area contributed by atoms with Crippen molar-refractivity contribution in [2.45, 2.75) is 40.0 Å². The molecule has 0 unspecified atom stereocenters. The van der Waals surface area contributed by atoms with Gasteiger partial charge in [0.1, 0.15) is 17.5 Å². The maximum Gasteiger partial charge on any atom is 0.241 e. The van der Waals surface area contributed by atoms with E-state index in [0.29, 0.717) is 24.0 Å². The summed E-state index contributed by atoms with van der Waals surface area (Å²) >= 11 is 0. The molecule has 1 aromatic heterocycles. The Hall–Kier alpha value is -1.89. The van der Waals surface area contributed by atoms with Crippen molar-refractivity contribution in [2.24, 2.45) is 5.84 Å². The van der Waals surface area contributed by atoms with E-state index in [1.165, 1.54) is 0 Å². The smallest absolute Gasteiger partial charge is 0.241 e. The molecule has 0 bridgehead atoms. The first-order valence-corrected chi connectivity index (χ1v) is 7.04. The molecular weight excluding hydrogens is 268 g/mol. The highest BCUT2D eigenvalue weighted by Crippen LogP contribution is 2.25. The maximum absolute atomic E-state index is 11.9. The zero-order valence-electron chi connectivity index (χ0n) is 13.7. The number of anilines is 2. The number of nitrogens with zero attached hydrogens (tertiary/aromatic N) is 3. The third-order valence-electron chi connectivity index (χ3n) is 3.26. The van der Waals surface area contributed by atoms with Crippen LogP contribution < -0.4 is 16.6 Å². The summed E-state index contributed by atoms with van der Waals surface area (Å²) in [6.45, 7) is 10.7. The van der Waals surface area contributed by atoms with Crippen molar-refractivity contribution in [3.05, 3.63) is 11.4 Å². The van der Waals surface area contributed by atoms with Gasteiger partial charge in [-0.1, -0.05) is 20.8 Å². The summed E-state index contributed by atoms with van der Waals surface area (Å²) in [5.74, 6) is 7.38. The van der Waals surface area contributed by atoms with Crippen molar-refractivity contribution in [1.29, 1.82) is 0 Å². The molecule has 0 aliphatic heterocycles. The normalized spacial score (nSPS) is 11.2. The van der Waals surface area contributed by atoms with Crippen molar-refractivity contribution in [3.63, 3.8) is 0 Å². The van der Waals surface area contributed by atoms with Crippen molar-refractivity contribution in [1.82, 2.24) is 14.9 Å². The lowest BCUT2D eigenvalue weighted by molar-refractivity contribution is -0.127. The highest BCUT2D eigenvalue weighted by atomic mass is 16.2. The largest absolute Gasteiger partial charge is 0.361 e. The summed E-state index contributed by atoms with van der Waals surface area (Å²) in [7, 11) is 1.77. The van der Waals surface area contributed by atoms with E-state index < -0.39 is 0 Å². The van der Waals surface area contributed by atoms with E-state index in [4.69, 9.17) is 5.84 Å². The summed E-state index contributed by atoms with van der Waals surface area (Å²) in [6, 6.07) is 0. The number of hydrazine groups is 1. The Bertz CT molecular complexity index is 509. The van der Waals surface area contributed by atoms with E-state index in [9.17, 15) is 4.79 Å². The molecule has 0 atom stereocenters. The van der Waals surface area contributed by atoms with E-state index in [1.54, 1.807) is 11.9 Å². The van der Waals surface area contributed by atoms with Crippen LogP contribution in [0.15, 0.2) is 0 Å². The van der Waals surface area contributed by atoms with Gasteiger partial charge in [-0.15, -0.1) is 0 Å². The molecule has 1 rings (SSSR count). The van der Waals surface area contributed by atoms with E-state index in [1.807, 2.05) is 34.6 Å². The molecule has 21 heavy (non-hydrogen) atoms. The standard InChI is InChI=1S/C14H26N6O/c1-7-20(6)10(21)8-16-11-9(2)12(19-15)18-13(17-11)14(3,4)5/h7-8,15H2,1-6H3,(H2,16,17,18,19). The molecule has 1 aromatic rings. The number of carbonyl (C=O) groups is 1. The molecule has 0 spiro atoms. The number of rotatable bonds is 5. The van der Waals surface area contributed by atoms with Crippen LogP contribution in [0, 0.1) is 6.92 Å². The molecular formula is C14H26N6O. The van der Waals surface area contributed by atoms with Crippen molar-refractivity contribution in [3.8, 4) is 0 Å². The Labute approximate surface area is 126 Å². The minimum Gasteiger partial charge on any atom is -0.361 e. The molecule has 1 amide bonds. The van der Waals surface area contributed by atoms with Gasteiger partial charge in [-0.2, -0.15) is 0 Å². The fourth-order valence-corrected chi connectivity index (χ4v) is 1.64. The van der Waals surface area contributed by atoms with Crippen molar-refractivity contribution >= 4 is 17.5 Å².